The van der Waals surface area contributed by atoms with E-state index in [2.05, 4.69) is 4.98 Å². The van der Waals surface area contributed by atoms with Gasteiger partial charge in [-0.25, -0.2) is 4.98 Å². The molecule has 1 fully saturated rings. The van der Waals surface area contributed by atoms with Crippen LogP contribution in [0.25, 0.3) is 0 Å². The number of nitrogens with zero attached hydrogens (tertiary/aromatic N) is 4. The van der Waals surface area contributed by atoms with E-state index in [-0.39, 0.29) is 5.69 Å². The lowest BCUT2D eigenvalue weighted by Gasteiger charge is -2.37. The van der Waals surface area contributed by atoms with Crippen LogP contribution in [-0.2, 0) is 4.79 Å². The number of piperazine rings is 1. The second-order valence-corrected chi connectivity index (χ2v) is 5.07. The molecule has 0 aliphatic carbocycles. The van der Waals surface area contributed by atoms with Crippen molar-refractivity contribution in [3.8, 4) is 0 Å². The maximum absolute atomic E-state index is 11.0. The minimum Gasteiger partial charge on any atom is -0.480 e. The zero-order valence-corrected chi connectivity index (χ0v) is 12.0. The van der Waals surface area contributed by atoms with Crippen LogP contribution in [0.2, 0.25) is 0 Å². The molecule has 0 saturated carbocycles. The van der Waals surface area contributed by atoms with E-state index in [9.17, 15) is 14.9 Å². The predicted molar refractivity (Wildman–Crippen MR) is 76.5 cm³/mol. The van der Waals surface area contributed by atoms with Crippen LogP contribution in [0.15, 0.2) is 12.1 Å². The Labute approximate surface area is 122 Å². The zero-order chi connectivity index (χ0) is 15.6. The number of carboxylic acid groups (broad SMARTS) is 1. The van der Waals surface area contributed by atoms with Gasteiger partial charge in [0, 0.05) is 32.2 Å². The summed E-state index contributed by atoms with van der Waals surface area (Å²) < 4.78 is 0. The molecule has 1 N–H and O–H groups in total. The molecule has 1 unspecified atom stereocenters. The Morgan fingerprint density at radius 2 is 2.00 bits per heavy atom. The Morgan fingerprint density at radius 1 is 1.38 bits per heavy atom. The lowest BCUT2D eigenvalue weighted by atomic mass is 10.2. The van der Waals surface area contributed by atoms with E-state index < -0.39 is 16.9 Å². The number of aromatic nitrogens is 1. The average Bonchev–Trinajstić information content (AvgIpc) is 2.46. The van der Waals surface area contributed by atoms with Gasteiger partial charge in [-0.1, -0.05) is 0 Å². The first-order valence-electron chi connectivity index (χ1n) is 6.74. The minimum absolute atomic E-state index is 0.0110. The van der Waals surface area contributed by atoms with Gasteiger partial charge in [0.25, 0.3) is 5.69 Å². The highest BCUT2D eigenvalue weighted by atomic mass is 16.6. The highest BCUT2D eigenvalue weighted by molar-refractivity contribution is 5.72. The number of aliphatic carboxylic acids is 1. The first-order chi connectivity index (χ1) is 9.90. The van der Waals surface area contributed by atoms with E-state index in [4.69, 9.17) is 5.11 Å². The summed E-state index contributed by atoms with van der Waals surface area (Å²) in [5.74, 6) is -0.131. The molecule has 1 saturated heterocycles. The van der Waals surface area contributed by atoms with E-state index in [0.29, 0.717) is 37.7 Å². The fourth-order valence-corrected chi connectivity index (χ4v) is 2.40. The van der Waals surface area contributed by atoms with Crippen molar-refractivity contribution < 1.29 is 14.8 Å². The molecule has 1 atom stereocenters. The molecule has 21 heavy (non-hydrogen) atoms. The van der Waals surface area contributed by atoms with Gasteiger partial charge in [0.2, 0.25) is 0 Å². The normalized spacial score (nSPS) is 17.5. The molecular formula is C13H18N4O4. The maximum Gasteiger partial charge on any atom is 0.320 e. The number of hydrogen-bond donors (Lipinski definition) is 1. The lowest BCUT2D eigenvalue weighted by molar-refractivity contribution is -0.385. The van der Waals surface area contributed by atoms with Gasteiger partial charge >= 0.3 is 5.97 Å². The number of rotatable bonds is 4. The van der Waals surface area contributed by atoms with Crippen LogP contribution in [0.5, 0.6) is 0 Å². The SMILES string of the molecule is Cc1nc(N2CCN(C(C)C(=O)O)CC2)ccc1[N+](=O)[O-]. The van der Waals surface area contributed by atoms with Crippen LogP contribution >= 0.6 is 0 Å². The molecule has 1 aliphatic heterocycles. The van der Waals surface area contributed by atoms with E-state index in [1.54, 1.807) is 19.9 Å². The van der Waals surface area contributed by atoms with Crippen molar-refractivity contribution >= 4 is 17.5 Å². The van der Waals surface area contributed by atoms with E-state index >= 15 is 0 Å². The van der Waals surface area contributed by atoms with E-state index in [1.165, 1.54) is 6.07 Å². The topological polar surface area (TPSA) is 99.8 Å². The fraction of sp³-hybridized carbons (Fsp3) is 0.538. The van der Waals surface area contributed by atoms with Crippen molar-refractivity contribution in [2.45, 2.75) is 19.9 Å². The summed E-state index contributed by atoms with van der Waals surface area (Å²) in [7, 11) is 0. The predicted octanol–water partition coefficient (Wildman–Crippen LogP) is 0.893. The summed E-state index contributed by atoms with van der Waals surface area (Å²) in [5.41, 5.74) is 0.399. The van der Waals surface area contributed by atoms with Crippen molar-refractivity contribution in [3.05, 3.63) is 27.9 Å². The Morgan fingerprint density at radius 3 is 2.48 bits per heavy atom. The first kappa shape index (κ1) is 15.2. The van der Waals surface area contributed by atoms with Crippen LogP contribution in [0.3, 0.4) is 0 Å². The van der Waals surface area contributed by atoms with Crippen LogP contribution in [-0.4, -0.2) is 58.1 Å². The van der Waals surface area contributed by atoms with Gasteiger partial charge in [0.1, 0.15) is 17.6 Å². The van der Waals surface area contributed by atoms with Crippen molar-refractivity contribution in [1.82, 2.24) is 9.88 Å². The molecule has 1 aromatic rings. The molecule has 1 aromatic heterocycles. The Balaban J connectivity index is 2.04. The van der Waals surface area contributed by atoms with Gasteiger partial charge in [-0.05, 0) is 19.9 Å². The summed E-state index contributed by atoms with van der Waals surface area (Å²) in [4.78, 5) is 29.5. The largest absolute Gasteiger partial charge is 0.480 e. The average molecular weight is 294 g/mol. The fourth-order valence-electron chi connectivity index (χ4n) is 2.40. The quantitative estimate of drug-likeness (QED) is 0.650. The molecule has 0 amide bonds. The first-order valence-corrected chi connectivity index (χ1v) is 6.74. The van der Waals surface area contributed by atoms with Crippen LogP contribution in [0, 0.1) is 17.0 Å². The molecule has 0 radical (unpaired) electrons. The molecule has 2 rings (SSSR count). The third-order valence-corrected chi connectivity index (χ3v) is 3.78. The third-order valence-electron chi connectivity index (χ3n) is 3.78. The number of nitro groups is 1. The number of aryl methyl sites for hydroxylation is 1. The maximum atomic E-state index is 11.0. The summed E-state index contributed by atoms with van der Waals surface area (Å²) in [6.45, 7) is 5.86. The molecule has 2 heterocycles. The van der Waals surface area contributed by atoms with Gasteiger partial charge in [-0.15, -0.1) is 0 Å². The summed E-state index contributed by atoms with van der Waals surface area (Å²) >= 11 is 0. The highest BCUT2D eigenvalue weighted by Crippen LogP contribution is 2.21. The third kappa shape index (κ3) is 3.27. The van der Waals surface area contributed by atoms with Crippen LogP contribution < -0.4 is 4.90 Å². The van der Waals surface area contributed by atoms with Crippen LogP contribution in [0.4, 0.5) is 11.5 Å². The molecule has 8 heteroatoms. The summed E-state index contributed by atoms with van der Waals surface area (Å²) in [5, 5.41) is 19.8. The molecular weight excluding hydrogens is 276 g/mol. The second-order valence-electron chi connectivity index (χ2n) is 5.07. The monoisotopic (exact) mass is 294 g/mol. The minimum atomic E-state index is -0.826. The molecule has 0 spiro atoms. The number of carbonyl (C=O) groups is 1. The number of carboxylic acids is 1. The van der Waals surface area contributed by atoms with Crippen molar-refractivity contribution in [2.24, 2.45) is 0 Å². The lowest BCUT2D eigenvalue weighted by Crippen LogP contribution is -2.52. The Kier molecular flexibility index (Phi) is 4.37. The van der Waals surface area contributed by atoms with Gasteiger partial charge in [-0.3, -0.25) is 19.8 Å². The Hall–Kier alpha value is -2.22. The summed E-state index contributed by atoms with van der Waals surface area (Å²) in [6, 6.07) is 2.60. The molecule has 8 nitrogen and oxygen atoms in total. The van der Waals surface area contributed by atoms with E-state index in [1.807, 2.05) is 9.80 Å². The molecule has 0 aromatic carbocycles. The number of pyridine rings is 1. The van der Waals surface area contributed by atoms with E-state index in [0.717, 1.165) is 0 Å². The van der Waals surface area contributed by atoms with Crippen LogP contribution in [0.1, 0.15) is 12.6 Å². The number of anilines is 1. The Bertz CT molecular complexity index is 555. The van der Waals surface area contributed by atoms with Gasteiger partial charge in [-0.2, -0.15) is 0 Å². The van der Waals surface area contributed by atoms with Gasteiger partial charge < -0.3 is 10.0 Å². The number of hydrogen-bond acceptors (Lipinski definition) is 6. The van der Waals surface area contributed by atoms with Crippen molar-refractivity contribution in [3.63, 3.8) is 0 Å². The highest BCUT2D eigenvalue weighted by Gasteiger charge is 2.26. The van der Waals surface area contributed by atoms with Crippen molar-refractivity contribution in [2.75, 3.05) is 31.1 Å². The molecule has 114 valence electrons. The second kappa shape index (κ2) is 6.04. The smallest absolute Gasteiger partial charge is 0.320 e. The van der Waals surface area contributed by atoms with Crippen molar-refractivity contribution in [1.29, 1.82) is 0 Å². The standard InChI is InChI=1S/C13H18N4O4/c1-9-11(17(20)21)3-4-12(14-9)16-7-5-15(6-8-16)10(2)13(18)19/h3-4,10H,5-8H2,1-2H3,(H,18,19). The molecule has 0 bridgehead atoms. The van der Waals surface area contributed by atoms with Gasteiger partial charge in [0.05, 0.1) is 4.92 Å². The van der Waals surface area contributed by atoms with Gasteiger partial charge in [0.15, 0.2) is 0 Å². The molecule has 1 aliphatic rings. The summed E-state index contributed by atoms with van der Waals surface area (Å²) in [6.07, 6.45) is 0. The zero-order valence-electron chi connectivity index (χ0n) is 12.0.